The Bertz CT molecular complexity index is 720. The Morgan fingerprint density at radius 1 is 1.33 bits per heavy atom. The first-order valence-electron chi connectivity index (χ1n) is 6.89. The number of H-pyrrole nitrogens is 1. The van der Waals surface area contributed by atoms with Gasteiger partial charge >= 0.3 is 0 Å². The zero-order valence-corrected chi connectivity index (χ0v) is 12.0. The van der Waals surface area contributed by atoms with Gasteiger partial charge in [0.05, 0.1) is 17.0 Å². The van der Waals surface area contributed by atoms with E-state index in [1.807, 2.05) is 6.07 Å². The standard InChI is InChI=1S/C14H14ClN5O/c15-13-17-3-1-9(20-13)10-5-8-11(19-10)14(2-4-16-6-14)7-18-12(8)21/h1,3,5,16,19H,2,4,6-7H2,(H,18,21). The maximum atomic E-state index is 12.1. The van der Waals surface area contributed by atoms with Crippen LogP contribution in [0, 0.1) is 0 Å². The zero-order chi connectivity index (χ0) is 14.4. The largest absolute Gasteiger partial charge is 0.356 e. The van der Waals surface area contributed by atoms with Crippen LogP contribution in [0.3, 0.4) is 0 Å². The molecule has 4 heterocycles. The number of amides is 1. The number of fused-ring (bicyclic) bond motifs is 2. The molecule has 6 nitrogen and oxygen atoms in total. The molecule has 108 valence electrons. The second kappa shape index (κ2) is 4.54. The van der Waals surface area contributed by atoms with E-state index in [1.165, 1.54) is 0 Å². The zero-order valence-electron chi connectivity index (χ0n) is 11.2. The van der Waals surface area contributed by atoms with Gasteiger partial charge in [0.15, 0.2) is 0 Å². The molecule has 2 aliphatic rings. The number of halogens is 1. The number of aromatic amines is 1. The number of nitrogens with one attached hydrogen (secondary N) is 3. The van der Waals surface area contributed by atoms with E-state index in [-0.39, 0.29) is 16.6 Å². The van der Waals surface area contributed by atoms with Gasteiger partial charge in [0, 0.05) is 30.4 Å². The highest BCUT2D eigenvalue weighted by Gasteiger charge is 2.43. The molecule has 0 bridgehead atoms. The van der Waals surface area contributed by atoms with Crippen molar-refractivity contribution >= 4 is 17.5 Å². The summed E-state index contributed by atoms with van der Waals surface area (Å²) in [6, 6.07) is 3.63. The molecular weight excluding hydrogens is 290 g/mol. The number of hydrogen-bond acceptors (Lipinski definition) is 4. The van der Waals surface area contributed by atoms with Crippen molar-refractivity contribution in [2.24, 2.45) is 0 Å². The summed E-state index contributed by atoms with van der Waals surface area (Å²) in [4.78, 5) is 23.6. The van der Waals surface area contributed by atoms with Gasteiger partial charge < -0.3 is 15.6 Å². The molecule has 4 rings (SSSR count). The summed E-state index contributed by atoms with van der Waals surface area (Å²) in [6.07, 6.45) is 2.61. The van der Waals surface area contributed by atoms with Crippen molar-refractivity contribution in [2.45, 2.75) is 11.8 Å². The van der Waals surface area contributed by atoms with Gasteiger partial charge in [-0.1, -0.05) is 0 Å². The second-order valence-corrected chi connectivity index (χ2v) is 5.91. The van der Waals surface area contributed by atoms with E-state index in [0.717, 1.165) is 30.9 Å². The molecule has 1 atom stereocenters. The SMILES string of the molecule is O=C1NCC2(CCNC2)c2[nH]c(-c3ccnc(Cl)n3)cc21. The first-order valence-corrected chi connectivity index (χ1v) is 7.27. The molecule has 1 unspecified atom stereocenters. The lowest BCUT2D eigenvalue weighted by Crippen LogP contribution is -2.48. The molecule has 1 amide bonds. The molecule has 1 fully saturated rings. The molecule has 2 aromatic heterocycles. The Labute approximate surface area is 126 Å². The molecule has 3 N–H and O–H groups in total. The average Bonchev–Trinajstić information content (AvgIpc) is 3.12. The quantitative estimate of drug-likeness (QED) is 0.689. The molecule has 2 aromatic rings. The number of carbonyl (C=O) groups is 1. The van der Waals surface area contributed by atoms with Crippen molar-refractivity contribution in [3.63, 3.8) is 0 Å². The van der Waals surface area contributed by atoms with Crippen LogP contribution in [0.5, 0.6) is 0 Å². The van der Waals surface area contributed by atoms with Crippen molar-refractivity contribution in [2.75, 3.05) is 19.6 Å². The molecule has 21 heavy (non-hydrogen) atoms. The van der Waals surface area contributed by atoms with Crippen LogP contribution >= 0.6 is 11.6 Å². The third-order valence-electron chi connectivity index (χ3n) is 4.33. The Hall–Kier alpha value is -1.92. The van der Waals surface area contributed by atoms with Crippen molar-refractivity contribution in [3.8, 4) is 11.4 Å². The van der Waals surface area contributed by atoms with E-state index in [9.17, 15) is 4.79 Å². The van der Waals surface area contributed by atoms with Gasteiger partial charge in [-0.15, -0.1) is 0 Å². The Kier molecular flexibility index (Phi) is 2.77. The summed E-state index contributed by atoms with van der Waals surface area (Å²) >= 11 is 5.85. The van der Waals surface area contributed by atoms with E-state index in [2.05, 4.69) is 25.6 Å². The number of hydrogen-bond donors (Lipinski definition) is 3. The van der Waals surface area contributed by atoms with Crippen molar-refractivity contribution in [1.82, 2.24) is 25.6 Å². The molecule has 7 heteroatoms. The minimum Gasteiger partial charge on any atom is -0.356 e. The van der Waals surface area contributed by atoms with E-state index < -0.39 is 0 Å². The third-order valence-corrected chi connectivity index (χ3v) is 4.51. The molecule has 0 radical (unpaired) electrons. The highest BCUT2D eigenvalue weighted by Crippen LogP contribution is 2.36. The van der Waals surface area contributed by atoms with Crippen LogP contribution in [0.2, 0.25) is 5.28 Å². The summed E-state index contributed by atoms with van der Waals surface area (Å²) in [6.45, 7) is 2.49. The molecule has 1 spiro atoms. The fourth-order valence-corrected chi connectivity index (χ4v) is 3.36. The van der Waals surface area contributed by atoms with E-state index in [0.29, 0.717) is 17.8 Å². The van der Waals surface area contributed by atoms with Gasteiger partial charge in [0.25, 0.3) is 5.91 Å². The molecule has 0 aliphatic carbocycles. The summed E-state index contributed by atoms with van der Waals surface area (Å²) in [5.74, 6) is -0.0369. The lowest BCUT2D eigenvalue weighted by molar-refractivity contribution is 0.0926. The Morgan fingerprint density at radius 2 is 2.24 bits per heavy atom. The number of nitrogens with zero attached hydrogens (tertiary/aromatic N) is 2. The molecule has 2 aliphatic heterocycles. The van der Waals surface area contributed by atoms with Crippen molar-refractivity contribution in [3.05, 3.63) is 34.9 Å². The monoisotopic (exact) mass is 303 g/mol. The van der Waals surface area contributed by atoms with E-state index in [1.54, 1.807) is 12.3 Å². The normalized spacial score (nSPS) is 24.1. The van der Waals surface area contributed by atoms with Crippen molar-refractivity contribution in [1.29, 1.82) is 0 Å². The van der Waals surface area contributed by atoms with Crippen LogP contribution in [0.15, 0.2) is 18.3 Å². The fraction of sp³-hybridized carbons (Fsp3) is 0.357. The van der Waals surface area contributed by atoms with E-state index in [4.69, 9.17) is 11.6 Å². The van der Waals surface area contributed by atoms with Gasteiger partial charge in [-0.3, -0.25) is 4.79 Å². The Morgan fingerprint density at radius 3 is 3.00 bits per heavy atom. The minimum atomic E-state index is -0.0433. The molecule has 0 aromatic carbocycles. The van der Waals surface area contributed by atoms with Gasteiger partial charge in [-0.25, -0.2) is 9.97 Å². The molecular formula is C14H14ClN5O. The lowest BCUT2D eigenvalue weighted by Gasteiger charge is -2.32. The predicted molar refractivity (Wildman–Crippen MR) is 78.3 cm³/mol. The summed E-state index contributed by atoms with van der Waals surface area (Å²) in [5.41, 5.74) is 3.15. The van der Waals surface area contributed by atoms with Gasteiger partial charge in [-0.2, -0.15) is 0 Å². The number of rotatable bonds is 1. The van der Waals surface area contributed by atoms with Crippen molar-refractivity contribution < 1.29 is 4.79 Å². The second-order valence-electron chi connectivity index (χ2n) is 5.57. The highest BCUT2D eigenvalue weighted by molar-refractivity contribution is 6.28. The van der Waals surface area contributed by atoms with Crippen LogP contribution in [0.4, 0.5) is 0 Å². The molecule has 0 saturated carbocycles. The first-order chi connectivity index (χ1) is 10.2. The van der Waals surface area contributed by atoms with Crippen LogP contribution in [-0.2, 0) is 5.41 Å². The number of carbonyl (C=O) groups excluding carboxylic acids is 1. The van der Waals surface area contributed by atoms with Crippen LogP contribution < -0.4 is 10.6 Å². The maximum absolute atomic E-state index is 12.1. The maximum Gasteiger partial charge on any atom is 0.253 e. The van der Waals surface area contributed by atoms with Gasteiger partial charge in [0.1, 0.15) is 0 Å². The topological polar surface area (TPSA) is 82.7 Å². The summed E-state index contributed by atoms with van der Waals surface area (Å²) < 4.78 is 0. The van der Waals surface area contributed by atoms with Crippen LogP contribution in [-0.4, -0.2) is 40.5 Å². The lowest BCUT2D eigenvalue weighted by atomic mass is 9.79. The van der Waals surface area contributed by atoms with Crippen LogP contribution in [0.1, 0.15) is 22.5 Å². The minimum absolute atomic E-state index is 0.0369. The highest BCUT2D eigenvalue weighted by atomic mass is 35.5. The summed E-state index contributed by atoms with van der Waals surface area (Å²) in [5, 5.41) is 6.56. The Balaban J connectivity index is 1.85. The number of aromatic nitrogens is 3. The molecule has 1 saturated heterocycles. The third kappa shape index (κ3) is 1.94. The van der Waals surface area contributed by atoms with E-state index >= 15 is 0 Å². The van der Waals surface area contributed by atoms with Gasteiger partial charge in [-0.05, 0) is 36.7 Å². The summed E-state index contributed by atoms with van der Waals surface area (Å²) in [7, 11) is 0. The smallest absolute Gasteiger partial charge is 0.253 e. The first kappa shape index (κ1) is 12.8. The average molecular weight is 304 g/mol. The van der Waals surface area contributed by atoms with Crippen LogP contribution in [0.25, 0.3) is 11.4 Å². The predicted octanol–water partition coefficient (Wildman–Crippen LogP) is 1.10. The van der Waals surface area contributed by atoms with Gasteiger partial charge in [0.2, 0.25) is 5.28 Å². The fourth-order valence-electron chi connectivity index (χ4n) is 3.22.